The molecule has 0 bridgehead atoms. The summed E-state index contributed by atoms with van der Waals surface area (Å²) in [5.74, 6) is 0.637. The van der Waals surface area contributed by atoms with Crippen LogP contribution in [0.5, 0.6) is 0 Å². The van der Waals surface area contributed by atoms with Crippen molar-refractivity contribution in [3.8, 4) is 0 Å². The molecule has 0 aliphatic carbocycles. The van der Waals surface area contributed by atoms with Gasteiger partial charge in [0.05, 0.1) is 13.2 Å². The van der Waals surface area contributed by atoms with Crippen LogP contribution in [0.15, 0.2) is 23.5 Å². The molecule has 0 aromatic carbocycles. The number of hydrogen-bond acceptors (Lipinski definition) is 5. The van der Waals surface area contributed by atoms with Crippen molar-refractivity contribution in [2.45, 2.75) is 24.6 Å². The molecule has 9 heteroatoms. The number of aliphatic hydroxyl groups is 1. The van der Waals surface area contributed by atoms with E-state index >= 15 is 0 Å². The van der Waals surface area contributed by atoms with E-state index in [1.807, 2.05) is 4.57 Å². The van der Waals surface area contributed by atoms with Gasteiger partial charge in [-0.05, 0) is 6.07 Å². The minimum Gasteiger partial charge on any atom is -0.390 e. The fourth-order valence-corrected chi connectivity index (χ4v) is 3.76. The van der Waals surface area contributed by atoms with Gasteiger partial charge in [0.1, 0.15) is 17.0 Å². The topological polar surface area (TPSA) is 93.3 Å². The molecule has 1 aliphatic rings. The maximum Gasteiger partial charge on any atom is 0.245 e. The van der Waals surface area contributed by atoms with Crippen LogP contribution in [0.4, 0.5) is 0 Å². The highest BCUT2D eigenvalue weighted by atomic mass is 32.2. The van der Waals surface area contributed by atoms with Crippen molar-refractivity contribution in [3.63, 3.8) is 0 Å². The van der Waals surface area contributed by atoms with Crippen LogP contribution in [0.25, 0.3) is 0 Å². The molecule has 0 spiro atoms. The summed E-state index contributed by atoms with van der Waals surface area (Å²) in [4.78, 5) is 0.192. The summed E-state index contributed by atoms with van der Waals surface area (Å²) >= 11 is 0. The van der Waals surface area contributed by atoms with Crippen molar-refractivity contribution in [2.24, 2.45) is 7.05 Å². The molecule has 20 heavy (non-hydrogen) atoms. The molecule has 108 valence electrons. The third-order valence-electron chi connectivity index (χ3n) is 3.49. The Labute approximate surface area is 116 Å². The second-order valence-electron chi connectivity index (χ2n) is 4.72. The summed E-state index contributed by atoms with van der Waals surface area (Å²) in [6.45, 7) is 0.948. The summed E-state index contributed by atoms with van der Waals surface area (Å²) in [7, 11) is -1.87. The molecule has 8 nitrogen and oxygen atoms in total. The van der Waals surface area contributed by atoms with Gasteiger partial charge in [0, 0.05) is 32.0 Å². The smallest absolute Gasteiger partial charge is 0.245 e. The Morgan fingerprint density at radius 1 is 1.40 bits per heavy atom. The predicted molar refractivity (Wildman–Crippen MR) is 69.0 cm³/mol. The van der Waals surface area contributed by atoms with Gasteiger partial charge >= 0.3 is 0 Å². The molecule has 0 radical (unpaired) electrons. The first kappa shape index (κ1) is 13.3. The van der Waals surface area contributed by atoms with E-state index in [-0.39, 0.29) is 18.0 Å². The van der Waals surface area contributed by atoms with Crippen molar-refractivity contribution in [3.05, 3.63) is 30.1 Å². The van der Waals surface area contributed by atoms with Crippen molar-refractivity contribution in [1.82, 2.24) is 23.6 Å². The van der Waals surface area contributed by atoms with Gasteiger partial charge in [-0.1, -0.05) is 0 Å². The van der Waals surface area contributed by atoms with E-state index in [2.05, 4.69) is 10.2 Å². The fraction of sp³-hybridized carbons (Fsp3) is 0.455. The summed E-state index contributed by atoms with van der Waals surface area (Å²) in [6.07, 6.45) is 3.12. The zero-order valence-electron chi connectivity index (χ0n) is 11.0. The fourth-order valence-electron chi connectivity index (χ4n) is 2.27. The van der Waals surface area contributed by atoms with E-state index in [1.54, 1.807) is 17.9 Å². The predicted octanol–water partition coefficient (Wildman–Crippen LogP) is -0.687. The second-order valence-corrected chi connectivity index (χ2v) is 6.65. The Morgan fingerprint density at radius 2 is 2.20 bits per heavy atom. The van der Waals surface area contributed by atoms with Crippen LogP contribution in [-0.4, -0.2) is 43.7 Å². The standard InChI is InChI=1S/C11H15N5O3S/c1-14-5-10(4-9(14)7-17)20(18,19)16-3-2-15-8-12-13-11(15)6-16/h4-5,8,17H,2-3,6-7H2,1H3. The van der Waals surface area contributed by atoms with Crippen molar-refractivity contribution in [2.75, 3.05) is 6.54 Å². The molecule has 0 amide bonds. The maximum atomic E-state index is 12.6. The average molecular weight is 297 g/mol. The van der Waals surface area contributed by atoms with E-state index in [0.29, 0.717) is 24.6 Å². The molecule has 0 saturated carbocycles. The Bertz CT molecular complexity index is 733. The molecule has 2 aromatic rings. The van der Waals surface area contributed by atoms with Gasteiger partial charge in [-0.15, -0.1) is 10.2 Å². The molecule has 3 rings (SSSR count). The van der Waals surface area contributed by atoms with E-state index in [9.17, 15) is 8.42 Å². The lowest BCUT2D eigenvalue weighted by Crippen LogP contribution is -2.38. The van der Waals surface area contributed by atoms with E-state index in [4.69, 9.17) is 5.11 Å². The largest absolute Gasteiger partial charge is 0.390 e. The number of rotatable bonds is 3. The molecule has 0 atom stereocenters. The van der Waals surface area contributed by atoms with Crippen LogP contribution in [0, 0.1) is 0 Å². The maximum absolute atomic E-state index is 12.6. The lowest BCUT2D eigenvalue weighted by Gasteiger charge is -2.25. The lowest BCUT2D eigenvalue weighted by atomic mass is 10.4. The molecule has 1 aliphatic heterocycles. The van der Waals surface area contributed by atoms with Gasteiger partial charge in [-0.2, -0.15) is 4.31 Å². The lowest BCUT2D eigenvalue weighted by molar-refractivity contribution is 0.272. The summed E-state index contributed by atoms with van der Waals surface area (Å²) in [6, 6.07) is 1.49. The molecule has 0 unspecified atom stereocenters. The van der Waals surface area contributed by atoms with Crippen LogP contribution in [0.2, 0.25) is 0 Å². The zero-order valence-corrected chi connectivity index (χ0v) is 11.8. The quantitative estimate of drug-likeness (QED) is 0.809. The number of nitrogens with zero attached hydrogens (tertiary/aromatic N) is 5. The number of sulfonamides is 1. The highest BCUT2D eigenvalue weighted by Gasteiger charge is 2.30. The van der Waals surface area contributed by atoms with Crippen LogP contribution >= 0.6 is 0 Å². The van der Waals surface area contributed by atoms with E-state index in [1.165, 1.54) is 16.6 Å². The highest BCUT2D eigenvalue weighted by Crippen LogP contribution is 2.22. The first-order valence-electron chi connectivity index (χ1n) is 6.15. The first-order valence-corrected chi connectivity index (χ1v) is 7.59. The van der Waals surface area contributed by atoms with Gasteiger partial charge in [0.15, 0.2) is 0 Å². The molecule has 2 aromatic heterocycles. The van der Waals surface area contributed by atoms with E-state index < -0.39 is 10.0 Å². The van der Waals surface area contributed by atoms with Crippen LogP contribution in [0.1, 0.15) is 11.5 Å². The van der Waals surface area contributed by atoms with Crippen molar-refractivity contribution >= 4 is 10.0 Å². The number of aryl methyl sites for hydroxylation is 1. The Kier molecular flexibility index (Phi) is 3.11. The van der Waals surface area contributed by atoms with Gasteiger partial charge in [0.25, 0.3) is 0 Å². The SMILES string of the molecule is Cn1cc(S(=O)(=O)N2CCn3cnnc3C2)cc1CO. The molecule has 3 heterocycles. The van der Waals surface area contributed by atoms with Gasteiger partial charge in [-0.25, -0.2) is 8.42 Å². The summed E-state index contributed by atoms with van der Waals surface area (Å²) in [5, 5.41) is 16.9. The molecule has 0 saturated heterocycles. The average Bonchev–Trinajstić information content (AvgIpc) is 3.03. The van der Waals surface area contributed by atoms with Crippen LogP contribution in [-0.2, 0) is 36.8 Å². The Hall–Kier alpha value is -1.71. The minimum absolute atomic E-state index is 0.192. The summed E-state index contributed by atoms with van der Waals surface area (Å²) in [5.41, 5.74) is 0.559. The number of aliphatic hydroxyl groups excluding tert-OH is 1. The normalized spacial score (nSPS) is 16.3. The second kappa shape index (κ2) is 4.69. The Morgan fingerprint density at radius 3 is 2.90 bits per heavy atom. The molecular formula is C11H15N5O3S. The van der Waals surface area contributed by atoms with Crippen LogP contribution in [0.3, 0.4) is 0 Å². The van der Waals surface area contributed by atoms with Crippen LogP contribution < -0.4 is 0 Å². The van der Waals surface area contributed by atoms with Crippen molar-refractivity contribution < 1.29 is 13.5 Å². The third kappa shape index (κ3) is 2.03. The molecular weight excluding hydrogens is 282 g/mol. The monoisotopic (exact) mass is 297 g/mol. The molecule has 1 N–H and O–H groups in total. The molecule has 0 fully saturated rings. The van der Waals surface area contributed by atoms with E-state index in [0.717, 1.165) is 0 Å². The van der Waals surface area contributed by atoms with Crippen molar-refractivity contribution in [1.29, 1.82) is 0 Å². The first-order chi connectivity index (χ1) is 9.52. The number of fused-ring (bicyclic) bond motifs is 1. The third-order valence-corrected chi connectivity index (χ3v) is 5.30. The van der Waals surface area contributed by atoms with Gasteiger partial charge < -0.3 is 14.2 Å². The van der Waals surface area contributed by atoms with Gasteiger partial charge in [0.2, 0.25) is 10.0 Å². The Balaban J connectivity index is 1.92. The number of hydrogen-bond donors (Lipinski definition) is 1. The number of aromatic nitrogens is 4. The minimum atomic E-state index is -3.57. The van der Waals surface area contributed by atoms with Gasteiger partial charge in [-0.3, -0.25) is 0 Å². The summed E-state index contributed by atoms with van der Waals surface area (Å²) < 4.78 is 30.0. The highest BCUT2D eigenvalue weighted by molar-refractivity contribution is 7.89. The zero-order chi connectivity index (χ0) is 14.3.